The average Bonchev–Trinajstić information content (AvgIpc) is 2.14. The Hall–Kier alpha value is -1.12. The van der Waals surface area contributed by atoms with Crippen LogP contribution < -0.4 is 5.43 Å². The highest BCUT2D eigenvalue weighted by atomic mass is 16.1. The van der Waals surface area contributed by atoms with Crippen LogP contribution in [0.5, 0.6) is 0 Å². The van der Waals surface area contributed by atoms with Crippen molar-refractivity contribution in [2.45, 2.75) is 6.92 Å². The highest BCUT2D eigenvalue weighted by Crippen LogP contribution is 2.01. The smallest absolute Gasteiger partial charge is 0.153 e. The van der Waals surface area contributed by atoms with Crippen LogP contribution >= 0.6 is 0 Å². The second kappa shape index (κ2) is 1.78. The first-order valence-corrected chi connectivity index (χ1v) is 2.24. The maximum absolute atomic E-state index is 10.0. The Bertz CT molecular complexity index is 169. The highest BCUT2D eigenvalue weighted by Gasteiger charge is 2.03. The summed E-state index contributed by atoms with van der Waals surface area (Å²) in [4.78, 5) is 10.0. The van der Waals surface area contributed by atoms with Gasteiger partial charge in [0.1, 0.15) is 0 Å². The van der Waals surface area contributed by atoms with E-state index in [9.17, 15) is 4.79 Å². The minimum Gasteiger partial charge on any atom is -0.298 e. The summed E-state index contributed by atoms with van der Waals surface area (Å²) in [6.07, 6.45) is 2.19. The minimum atomic E-state index is 0.574. The molecule has 0 aromatic rings. The van der Waals surface area contributed by atoms with Crippen LogP contribution in [0.15, 0.2) is 16.4 Å². The molecule has 3 heteroatoms. The third-order valence-corrected chi connectivity index (χ3v) is 0.949. The summed E-state index contributed by atoms with van der Waals surface area (Å²) in [6.45, 7) is 1.75. The molecule has 1 radical (unpaired) electrons. The van der Waals surface area contributed by atoms with Crippen LogP contribution in [-0.2, 0) is 4.79 Å². The van der Waals surface area contributed by atoms with E-state index in [1.165, 1.54) is 6.21 Å². The number of hydrogen-bond acceptors (Lipinski definition) is 2. The lowest BCUT2D eigenvalue weighted by Crippen LogP contribution is -1.88. The van der Waals surface area contributed by atoms with Crippen molar-refractivity contribution in [2.75, 3.05) is 0 Å². The van der Waals surface area contributed by atoms with Crippen LogP contribution in [0.1, 0.15) is 6.92 Å². The van der Waals surface area contributed by atoms with E-state index in [2.05, 4.69) is 10.5 Å². The quantitative estimate of drug-likeness (QED) is 0.439. The monoisotopic (exact) mass is 109 g/mol. The molecule has 0 spiro atoms. The lowest BCUT2D eigenvalue weighted by molar-refractivity contribution is -0.104. The van der Waals surface area contributed by atoms with Crippen molar-refractivity contribution in [3.05, 3.63) is 11.3 Å². The lowest BCUT2D eigenvalue weighted by atomic mass is 10.3. The van der Waals surface area contributed by atoms with Crippen molar-refractivity contribution in [3.63, 3.8) is 0 Å². The van der Waals surface area contributed by atoms with Gasteiger partial charge in [-0.1, -0.05) is 0 Å². The minimum absolute atomic E-state index is 0.574. The molecule has 1 heterocycles. The van der Waals surface area contributed by atoms with Crippen LogP contribution in [0.2, 0.25) is 0 Å². The Morgan fingerprint density at radius 2 is 2.50 bits per heavy atom. The van der Waals surface area contributed by atoms with Crippen LogP contribution in [0.4, 0.5) is 0 Å². The number of hydrogen-bond donors (Lipinski definition) is 0. The van der Waals surface area contributed by atoms with Crippen molar-refractivity contribution < 1.29 is 4.79 Å². The SMILES string of the molecule is CC1=C(C=O)C=N[N]1. The van der Waals surface area contributed by atoms with E-state index < -0.39 is 0 Å². The van der Waals surface area contributed by atoms with E-state index in [0.717, 1.165) is 6.29 Å². The third kappa shape index (κ3) is 0.621. The fourth-order valence-corrected chi connectivity index (χ4v) is 0.445. The van der Waals surface area contributed by atoms with Gasteiger partial charge in [-0.2, -0.15) is 10.5 Å². The number of carbonyl (C=O) groups excluding carboxylic acids is 1. The Balaban J connectivity index is 2.85. The summed E-state index contributed by atoms with van der Waals surface area (Å²) < 4.78 is 0. The summed E-state index contributed by atoms with van der Waals surface area (Å²) >= 11 is 0. The first-order valence-electron chi connectivity index (χ1n) is 2.24. The number of allylic oxidation sites excluding steroid dienone is 2. The second-order valence-corrected chi connectivity index (χ2v) is 1.50. The summed E-state index contributed by atoms with van der Waals surface area (Å²) in [5.41, 5.74) is 4.87. The van der Waals surface area contributed by atoms with Crippen molar-refractivity contribution in [1.29, 1.82) is 0 Å². The Morgan fingerprint density at radius 3 is 2.75 bits per heavy atom. The third-order valence-electron chi connectivity index (χ3n) is 0.949. The van der Waals surface area contributed by atoms with Gasteiger partial charge in [0.2, 0.25) is 0 Å². The summed E-state index contributed by atoms with van der Waals surface area (Å²) in [5, 5.41) is 3.51. The lowest BCUT2D eigenvalue weighted by Gasteiger charge is -1.83. The Labute approximate surface area is 47.1 Å². The summed E-state index contributed by atoms with van der Waals surface area (Å²) in [5.74, 6) is 0. The van der Waals surface area contributed by atoms with Gasteiger partial charge in [0, 0.05) is 0 Å². The number of rotatable bonds is 1. The van der Waals surface area contributed by atoms with Gasteiger partial charge in [0.05, 0.1) is 17.5 Å². The molecule has 0 saturated heterocycles. The van der Waals surface area contributed by atoms with Crippen molar-refractivity contribution in [2.24, 2.45) is 5.10 Å². The van der Waals surface area contributed by atoms with E-state index in [4.69, 9.17) is 0 Å². The Kier molecular flexibility index (Phi) is 1.12. The molecule has 0 aromatic carbocycles. The van der Waals surface area contributed by atoms with E-state index in [-0.39, 0.29) is 0 Å². The van der Waals surface area contributed by atoms with Crippen LogP contribution in [0.3, 0.4) is 0 Å². The molecule has 1 rings (SSSR count). The molecule has 0 unspecified atom stereocenters. The van der Waals surface area contributed by atoms with Crippen LogP contribution in [-0.4, -0.2) is 12.5 Å². The first kappa shape index (κ1) is 5.03. The van der Waals surface area contributed by atoms with Gasteiger partial charge in [0.25, 0.3) is 0 Å². The molecule has 1 aliphatic heterocycles. The van der Waals surface area contributed by atoms with Gasteiger partial charge in [-0.3, -0.25) is 4.79 Å². The van der Waals surface area contributed by atoms with E-state index in [0.29, 0.717) is 11.3 Å². The first-order chi connectivity index (χ1) is 3.84. The van der Waals surface area contributed by atoms with Gasteiger partial charge in [-0.15, -0.1) is 0 Å². The zero-order valence-corrected chi connectivity index (χ0v) is 4.46. The standard InChI is InChI=1S/C5H5N2O/c1-4-5(3-8)2-6-7-4/h2-3H,1H3. The van der Waals surface area contributed by atoms with Gasteiger partial charge >= 0.3 is 0 Å². The Morgan fingerprint density at radius 1 is 1.75 bits per heavy atom. The van der Waals surface area contributed by atoms with Crippen molar-refractivity contribution in [1.82, 2.24) is 5.43 Å². The topological polar surface area (TPSA) is 43.5 Å². The second-order valence-electron chi connectivity index (χ2n) is 1.50. The van der Waals surface area contributed by atoms with Gasteiger partial charge in [-0.25, -0.2) is 0 Å². The molecule has 0 aromatic heterocycles. The molecular formula is C5H5N2O. The molecule has 3 nitrogen and oxygen atoms in total. The molecule has 8 heavy (non-hydrogen) atoms. The number of nitrogens with zero attached hydrogens (tertiary/aromatic N) is 2. The zero-order valence-electron chi connectivity index (χ0n) is 4.46. The number of aldehydes is 1. The maximum Gasteiger partial charge on any atom is 0.153 e. The highest BCUT2D eigenvalue weighted by molar-refractivity contribution is 6.03. The van der Waals surface area contributed by atoms with E-state index >= 15 is 0 Å². The van der Waals surface area contributed by atoms with E-state index in [1.54, 1.807) is 6.92 Å². The zero-order chi connectivity index (χ0) is 5.98. The largest absolute Gasteiger partial charge is 0.298 e. The summed E-state index contributed by atoms with van der Waals surface area (Å²) in [7, 11) is 0. The predicted octanol–water partition coefficient (Wildman–Crippen LogP) is 0.0631. The maximum atomic E-state index is 10.0. The van der Waals surface area contributed by atoms with Crippen LogP contribution in [0, 0.1) is 0 Å². The average molecular weight is 109 g/mol. The fourth-order valence-electron chi connectivity index (χ4n) is 0.445. The molecule has 0 amide bonds. The number of carbonyl (C=O) groups is 1. The van der Waals surface area contributed by atoms with Gasteiger partial charge < -0.3 is 0 Å². The molecule has 0 bridgehead atoms. The molecular weight excluding hydrogens is 104 g/mol. The molecule has 0 N–H and O–H groups in total. The van der Waals surface area contributed by atoms with Crippen LogP contribution in [0.25, 0.3) is 0 Å². The molecule has 0 fully saturated rings. The molecule has 0 saturated carbocycles. The fraction of sp³-hybridized carbons (Fsp3) is 0.200. The molecule has 1 aliphatic rings. The van der Waals surface area contributed by atoms with E-state index in [1.807, 2.05) is 0 Å². The van der Waals surface area contributed by atoms with Gasteiger partial charge in [-0.05, 0) is 6.92 Å². The van der Waals surface area contributed by atoms with Gasteiger partial charge in [0.15, 0.2) is 6.29 Å². The molecule has 0 atom stereocenters. The van der Waals surface area contributed by atoms with Crippen molar-refractivity contribution in [3.8, 4) is 0 Å². The molecule has 41 valence electrons. The molecule has 0 aliphatic carbocycles. The predicted molar refractivity (Wildman–Crippen MR) is 29.4 cm³/mol. The normalized spacial score (nSPS) is 16.6. The summed E-state index contributed by atoms with van der Waals surface area (Å²) in [6, 6.07) is 0. The van der Waals surface area contributed by atoms with Crippen molar-refractivity contribution >= 4 is 12.5 Å².